The Morgan fingerprint density at radius 2 is 2.20 bits per heavy atom. The van der Waals surface area contributed by atoms with Crippen molar-refractivity contribution >= 4 is 12.3 Å². The van der Waals surface area contributed by atoms with Gasteiger partial charge in [-0.2, -0.15) is 0 Å². The van der Waals surface area contributed by atoms with Gasteiger partial charge in [-0.15, -0.1) is 0 Å². The van der Waals surface area contributed by atoms with Gasteiger partial charge in [0.05, 0.1) is 37.5 Å². The van der Waals surface area contributed by atoms with E-state index in [1.165, 1.54) is 0 Å². The minimum atomic E-state index is -0.455. The second-order valence-corrected chi connectivity index (χ2v) is 6.08. The number of hydroxylamine groups is 2. The zero-order chi connectivity index (χ0) is 18.0. The summed E-state index contributed by atoms with van der Waals surface area (Å²) in [5.74, 6) is 0.993. The van der Waals surface area contributed by atoms with Crippen LogP contribution in [0, 0.1) is 0 Å². The average molecular weight is 347 g/mol. The van der Waals surface area contributed by atoms with Crippen LogP contribution in [0.4, 0.5) is 4.79 Å². The fourth-order valence-corrected chi connectivity index (χ4v) is 3.23. The maximum absolute atomic E-state index is 12.0. The van der Waals surface area contributed by atoms with E-state index in [4.69, 9.17) is 9.57 Å². The Morgan fingerprint density at radius 3 is 2.88 bits per heavy atom. The highest BCUT2D eigenvalue weighted by Crippen LogP contribution is 2.36. The van der Waals surface area contributed by atoms with Crippen LogP contribution in [0.5, 0.6) is 0 Å². The topological polar surface area (TPSA) is 69.6 Å². The molecule has 0 bridgehead atoms. The van der Waals surface area contributed by atoms with E-state index in [0.29, 0.717) is 13.3 Å². The van der Waals surface area contributed by atoms with Crippen LogP contribution >= 0.6 is 0 Å². The third-order valence-corrected chi connectivity index (χ3v) is 4.28. The third kappa shape index (κ3) is 3.21. The summed E-state index contributed by atoms with van der Waals surface area (Å²) in [6.45, 7) is 8.52. The van der Waals surface area contributed by atoms with Crippen LogP contribution in [0.1, 0.15) is 27.2 Å². The Balaban J connectivity index is 1.98. The molecule has 3 aliphatic rings. The molecule has 136 valence electrons. The number of hydrogen-bond acceptors (Lipinski definition) is 7. The number of nitrogens with one attached hydrogen (secondary N) is 1. The molecule has 3 heterocycles. The lowest BCUT2D eigenvalue weighted by Crippen LogP contribution is -2.44. The molecule has 8 heteroatoms. The predicted molar refractivity (Wildman–Crippen MR) is 93.9 cm³/mol. The Labute approximate surface area is 148 Å². The highest BCUT2D eigenvalue weighted by Gasteiger charge is 2.36. The average Bonchev–Trinajstić information content (AvgIpc) is 3.01. The van der Waals surface area contributed by atoms with E-state index in [2.05, 4.69) is 27.0 Å². The summed E-state index contributed by atoms with van der Waals surface area (Å²) in [6, 6.07) is 0. The molecule has 0 aromatic heterocycles. The van der Waals surface area contributed by atoms with Gasteiger partial charge in [0.2, 0.25) is 0 Å². The van der Waals surface area contributed by atoms with Crippen molar-refractivity contribution in [3.63, 3.8) is 0 Å². The van der Waals surface area contributed by atoms with E-state index in [1.807, 2.05) is 13.1 Å². The molecule has 1 N–H and O–H groups in total. The molecule has 0 aromatic rings. The number of ether oxygens (including phenoxy) is 1. The minimum Gasteiger partial charge on any atom is -0.450 e. The Hall–Kier alpha value is -2.48. The van der Waals surface area contributed by atoms with Gasteiger partial charge in [0, 0.05) is 13.1 Å². The van der Waals surface area contributed by atoms with Crippen molar-refractivity contribution in [2.24, 2.45) is 4.99 Å². The number of carbonyl (C=O) groups excluding carboxylic acids is 1. The number of alkyl carbamates (subject to hydrolysis) is 1. The number of carbonyl (C=O) groups is 1. The van der Waals surface area contributed by atoms with Crippen LogP contribution in [0.2, 0.25) is 0 Å². The summed E-state index contributed by atoms with van der Waals surface area (Å²) in [5.41, 5.74) is 3.52. The van der Waals surface area contributed by atoms with Gasteiger partial charge in [0.1, 0.15) is 18.2 Å². The highest BCUT2D eigenvalue weighted by atomic mass is 16.7. The number of rotatable bonds is 5. The van der Waals surface area contributed by atoms with Gasteiger partial charge in [-0.05, 0) is 25.8 Å². The van der Waals surface area contributed by atoms with Crippen molar-refractivity contribution in [2.75, 3.05) is 33.5 Å². The molecular weight excluding hydrogens is 322 g/mol. The molecule has 0 fully saturated rings. The van der Waals surface area contributed by atoms with Crippen molar-refractivity contribution in [2.45, 2.75) is 27.2 Å². The molecule has 0 spiro atoms. The fraction of sp³-hybridized carbons (Fsp3) is 0.529. The van der Waals surface area contributed by atoms with Crippen molar-refractivity contribution < 1.29 is 14.4 Å². The first-order valence-electron chi connectivity index (χ1n) is 8.56. The molecule has 0 aromatic carbocycles. The van der Waals surface area contributed by atoms with E-state index in [9.17, 15) is 4.79 Å². The Kier molecular flexibility index (Phi) is 4.98. The maximum atomic E-state index is 12.0. The van der Waals surface area contributed by atoms with E-state index < -0.39 is 6.09 Å². The molecule has 0 atom stereocenters. The smallest absolute Gasteiger partial charge is 0.411 e. The molecular formula is C17H25N5O3. The van der Waals surface area contributed by atoms with Crippen molar-refractivity contribution in [1.82, 2.24) is 20.2 Å². The predicted octanol–water partition coefficient (Wildman–Crippen LogP) is 1.96. The number of amides is 1. The molecule has 1 amide bonds. The van der Waals surface area contributed by atoms with Crippen LogP contribution < -0.4 is 5.32 Å². The first kappa shape index (κ1) is 17.3. The summed E-state index contributed by atoms with van der Waals surface area (Å²) in [5, 5.41) is 4.62. The lowest BCUT2D eigenvalue weighted by atomic mass is 10.1. The summed E-state index contributed by atoms with van der Waals surface area (Å²) < 4.78 is 5.04. The summed E-state index contributed by atoms with van der Waals surface area (Å²) in [6.07, 6.45) is 4.29. The number of nitrogens with zero attached hydrogens (tertiary/aromatic N) is 4. The molecule has 8 nitrogen and oxygen atoms in total. The first-order chi connectivity index (χ1) is 12.1. The van der Waals surface area contributed by atoms with Gasteiger partial charge < -0.3 is 14.5 Å². The van der Waals surface area contributed by atoms with Gasteiger partial charge in [-0.25, -0.2) is 14.9 Å². The van der Waals surface area contributed by atoms with Gasteiger partial charge >= 0.3 is 6.09 Å². The summed E-state index contributed by atoms with van der Waals surface area (Å²) >= 11 is 0. The molecule has 0 aliphatic carbocycles. The molecule has 0 saturated carbocycles. The van der Waals surface area contributed by atoms with Crippen LogP contribution in [-0.2, 0) is 9.57 Å². The second kappa shape index (κ2) is 7.18. The minimum absolute atomic E-state index is 0.330. The lowest BCUT2D eigenvalue weighted by molar-refractivity contribution is -0.0971. The molecule has 3 rings (SSSR count). The summed E-state index contributed by atoms with van der Waals surface area (Å²) in [7, 11) is 1.64. The summed E-state index contributed by atoms with van der Waals surface area (Å²) in [4.78, 5) is 26.4. The maximum Gasteiger partial charge on any atom is 0.411 e. The normalized spacial score (nSPS) is 19.2. The standard InChI is InChI=1S/C17H25N5O3/c1-5-7-20-9-12(3)14(19-17(23)25-6-2)15-16(20)22-11-21(24-4)10-13(22)8-18-15/h8,10H,5-7,9,11H2,1-4H3,(H,19,23). The molecule has 0 saturated heterocycles. The number of allylic oxidation sites excluding steroid dienone is 1. The zero-order valence-electron chi connectivity index (χ0n) is 15.2. The number of hydrogen-bond donors (Lipinski definition) is 1. The first-order valence-corrected chi connectivity index (χ1v) is 8.56. The highest BCUT2D eigenvalue weighted by molar-refractivity contribution is 5.83. The van der Waals surface area contributed by atoms with E-state index in [-0.39, 0.29) is 0 Å². The molecule has 25 heavy (non-hydrogen) atoms. The SMILES string of the molecule is CCCN1CC(C)=C(NC(=O)OCC)C2=C1N1CN(OC)C=C1C=N2. The van der Waals surface area contributed by atoms with E-state index >= 15 is 0 Å². The van der Waals surface area contributed by atoms with Crippen molar-refractivity contribution in [3.8, 4) is 0 Å². The monoisotopic (exact) mass is 347 g/mol. The zero-order valence-corrected chi connectivity index (χ0v) is 15.2. The fourth-order valence-electron chi connectivity index (χ4n) is 3.23. The largest absolute Gasteiger partial charge is 0.450 e. The number of fused-ring (bicyclic) bond motifs is 2. The van der Waals surface area contributed by atoms with Crippen molar-refractivity contribution in [1.29, 1.82) is 0 Å². The number of aliphatic imine (C=N–C) groups is 1. The van der Waals surface area contributed by atoms with E-state index in [0.717, 1.165) is 48.0 Å². The lowest BCUT2D eigenvalue weighted by Gasteiger charge is -2.40. The second-order valence-electron chi connectivity index (χ2n) is 6.08. The van der Waals surface area contributed by atoms with Crippen LogP contribution in [-0.4, -0.2) is 60.6 Å². The molecule has 3 aliphatic heterocycles. The Morgan fingerprint density at radius 1 is 1.40 bits per heavy atom. The van der Waals surface area contributed by atoms with Gasteiger partial charge in [0.15, 0.2) is 0 Å². The quantitative estimate of drug-likeness (QED) is 0.820. The third-order valence-electron chi connectivity index (χ3n) is 4.28. The van der Waals surface area contributed by atoms with Crippen LogP contribution in [0.25, 0.3) is 0 Å². The van der Waals surface area contributed by atoms with Gasteiger partial charge in [-0.3, -0.25) is 10.2 Å². The van der Waals surface area contributed by atoms with Crippen LogP contribution in [0.3, 0.4) is 0 Å². The van der Waals surface area contributed by atoms with Gasteiger partial charge in [0.25, 0.3) is 0 Å². The van der Waals surface area contributed by atoms with Crippen molar-refractivity contribution in [3.05, 3.63) is 34.7 Å². The van der Waals surface area contributed by atoms with Gasteiger partial charge in [-0.1, -0.05) is 6.92 Å². The van der Waals surface area contributed by atoms with E-state index in [1.54, 1.807) is 25.3 Å². The van der Waals surface area contributed by atoms with Crippen LogP contribution in [0.15, 0.2) is 39.7 Å². The molecule has 0 unspecified atom stereocenters. The molecule has 0 radical (unpaired) electrons. The Bertz CT molecular complexity index is 680.